The van der Waals surface area contributed by atoms with Crippen molar-refractivity contribution < 1.29 is 68.3 Å². The Morgan fingerprint density at radius 1 is 1.07 bits per heavy atom. The van der Waals surface area contributed by atoms with Gasteiger partial charge in [0.1, 0.15) is 18.0 Å². The highest BCUT2D eigenvalue weighted by Gasteiger charge is 2.56. The fourth-order valence-electron chi connectivity index (χ4n) is 5.99. The van der Waals surface area contributed by atoms with Gasteiger partial charge in [0.2, 0.25) is 6.29 Å². The lowest BCUT2D eigenvalue weighted by atomic mass is 9.81. The molecule has 0 bridgehead atoms. The van der Waals surface area contributed by atoms with Gasteiger partial charge in [-0.15, -0.1) is 0 Å². The van der Waals surface area contributed by atoms with Gasteiger partial charge >= 0.3 is 17.9 Å². The third kappa shape index (κ3) is 8.43. The van der Waals surface area contributed by atoms with Crippen LogP contribution in [0.25, 0.3) is 6.08 Å². The average molecular weight is 651 g/mol. The second-order valence-electron chi connectivity index (χ2n) is 12.1. The molecule has 4 rings (SSSR count). The maximum atomic E-state index is 12.8. The van der Waals surface area contributed by atoms with Gasteiger partial charge in [-0.2, -0.15) is 0 Å². The highest BCUT2D eigenvalue weighted by molar-refractivity contribution is 5.87. The number of carbonyl (C=O) groups excluding carboxylic acids is 3. The van der Waals surface area contributed by atoms with E-state index in [4.69, 9.17) is 28.4 Å². The summed E-state index contributed by atoms with van der Waals surface area (Å²) in [5.74, 6) is -3.34. The molecule has 1 saturated heterocycles. The van der Waals surface area contributed by atoms with E-state index in [1.54, 1.807) is 12.1 Å². The maximum Gasteiger partial charge on any atom is 0.331 e. The van der Waals surface area contributed by atoms with E-state index in [9.17, 15) is 39.9 Å². The van der Waals surface area contributed by atoms with E-state index in [0.717, 1.165) is 13.0 Å². The molecule has 0 aromatic heterocycles. The van der Waals surface area contributed by atoms with Gasteiger partial charge in [-0.1, -0.05) is 26.0 Å². The summed E-state index contributed by atoms with van der Waals surface area (Å²) in [5, 5.41) is 51.8. The molecule has 1 aromatic carbocycles. The number of fused-ring (bicyclic) bond motifs is 1. The van der Waals surface area contributed by atoms with Crippen molar-refractivity contribution in [1.29, 1.82) is 0 Å². The lowest BCUT2D eigenvalue weighted by molar-refractivity contribution is -0.304. The van der Waals surface area contributed by atoms with Crippen molar-refractivity contribution in [2.45, 2.75) is 82.6 Å². The molecule has 1 saturated carbocycles. The average Bonchev–Trinajstić information content (AvgIpc) is 3.36. The van der Waals surface area contributed by atoms with Crippen LogP contribution in [0.3, 0.4) is 0 Å². The largest absolute Gasteiger partial charge is 0.508 e. The van der Waals surface area contributed by atoms with Crippen LogP contribution >= 0.6 is 0 Å². The number of phenols is 1. The molecule has 0 unspecified atom stereocenters. The number of carbonyl (C=O) groups is 3. The molecular weight excluding hydrogens is 608 g/mol. The molecule has 14 nitrogen and oxygen atoms in total. The summed E-state index contributed by atoms with van der Waals surface area (Å²) in [7, 11) is 0. The summed E-state index contributed by atoms with van der Waals surface area (Å²) < 4.78 is 33.8. The molecular formula is C32H42O14. The number of ether oxygens (including phenoxy) is 6. The van der Waals surface area contributed by atoms with E-state index in [-0.39, 0.29) is 31.1 Å². The Kier molecular flexibility index (Phi) is 11.8. The quantitative estimate of drug-likeness (QED) is 0.121. The number of aromatic hydroxyl groups is 1. The van der Waals surface area contributed by atoms with Crippen LogP contribution < -0.4 is 0 Å². The highest BCUT2D eigenvalue weighted by Crippen LogP contribution is 2.49. The van der Waals surface area contributed by atoms with E-state index >= 15 is 0 Å². The molecule has 2 heterocycles. The zero-order chi connectivity index (χ0) is 33.6. The molecule has 2 aliphatic heterocycles. The summed E-state index contributed by atoms with van der Waals surface area (Å²) >= 11 is 0. The van der Waals surface area contributed by atoms with Crippen LogP contribution in [0.15, 0.2) is 42.2 Å². The van der Waals surface area contributed by atoms with Crippen LogP contribution in [-0.2, 0) is 42.8 Å². The Morgan fingerprint density at radius 2 is 1.78 bits per heavy atom. The molecule has 46 heavy (non-hydrogen) atoms. The topological polar surface area (TPSA) is 208 Å². The fraction of sp³-hybridized carbons (Fsp3) is 0.594. The van der Waals surface area contributed by atoms with Gasteiger partial charge in [0.15, 0.2) is 18.5 Å². The minimum absolute atomic E-state index is 0.0334. The van der Waals surface area contributed by atoms with Gasteiger partial charge < -0.3 is 54.0 Å². The third-order valence-corrected chi connectivity index (χ3v) is 8.23. The van der Waals surface area contributed by atoms with Gasteiger partial charge in [-0.3, -0.25) is 9.59 Å². The van der Waals surface area contributed by atoms with Crippen molar-refractivity contribution in [3.63, 3.8) is 0 Å². The lowest BCUT2D eigenvalue weighted by Gasteiger charge is -2.43. The molecule has 0 radical (unpaired) electrons. The van der Waals surface area contributed by atoms with E-state index in [0.29, 0.717) is 17.6 Å². The first-order valence-electron chi connectivity index (χ1n) is 15.1. The Balaban J connectivity index is 1.52. The molecule has 5 N–H and O–H groups in total. The number of hydrogen-bond acceptors (Lipinski definition) is 14. The molecule has 9 atom stereocenters. The summed E-state index contributed by atoms with van der Waals surface area (Å²) in [5.41, 5.74) is -0.498. The first-order valence-corrected chi connectivity index (χ1v) is 15.1. The van der Waals surface area contributed by atoms with Crippen molar-refractivity contribution in [3.05, 3.63) is 47.7 Å². The molecule has 2 fully saturated rings. The number of benzene rings is 1. The van der Waals surface area contributed by atoms with E-state index < -0.39 is 85.6 Å². The van der Waals surface area contributed by atoms with Crippen LogP contribution in [0, 0.1) is 17.8 Å². The summed E-state index contributed by atoms with van der Waals surface area (Å²) in [6.45, 7) is 3.35. The lowest BCUT2D eigenvalue weighted by Crippen LogP contribution is -2.61. The van der Waals surface area contributed by atoms with Crippen molar-refractivity contribution in [3.8, 4) is 5.75 Å². The fourth-order valence-corrected chi connectivity index (χ4v) is 5.99. The zero-order valence-electron chi connectivity index (χ0n) is 25.9. The van der Waals surface area contributed by atoms with Crippen molar-refractivity contribution >= 4 is 24.0 Å². The van der Waals surface area contributed by atoms with E-state index in [1.807, 2.05) is 13.8 Å². The normalized spacial score (nSPS) is 32.4. The minimum Gasteiger partial charge on any atom is -0.508 e. The van der Waals surface area contributed by atoms with Crippen LogP contribution in [0.1, 0.15) is 45.6 Å². The number of esters is 3. The summed E-state index contributed by atoms with van der Waals surface area (Å²) in [4.78, 5) is 37.0. The predicted molar refractivity (Wildman–Crippen MR) is 157 cm³/mol. The number of hydrogen-bond donors (Lipinski definition) is 5. The summed E-state index contributed by atoms with van der Waals surface area (Å²) in [6.07, 6.45) is -3.81. The van der Waals surface area contributed by atoms with Crippen LogP contribution in [0.2, 0.25) is 0 Å². The number of aliphatic hydroxyl groups excluding tert-OH is 3. The number of aliphatic hydroxyl groups is 4. The third-order valence-electron chi connectivity index (χ3n) is 8.23. The second-order valence-corrected chi connectivity index (χ2v) is 12.1. The Bertz CT molecular complexity index is 1280. The Labute approximate surface area is 266 Å². The Hall–Kier alpha value is -3.53. The van der Waals surface area contributed by atoms with Crippen molar-refractivity contribution in [1.82, 2.24) is 0 Å². The van der Waals surface area contributed by atoms with Crippen LogP contribution in [-0.4, -0.2) is 106 Å². The molecule has 14 heteroatoms. The number of rotatable bonds is 12. The van der Waals surface area contributed by atoms with Crippen LogP contribution in [0.5, 0.6) is 5.75 Å². The van der Waals surface area contributed by atoms with E-state index in [2.05, 4.69) is 0 Å². The van der Waals surface area contributed by atoms with Gasteiger partial charge in [0.25, 0.3) is 0 Å². The second kappa shape index (κ2) is 15.4. The molecule has 254 valence electrons. The van der Waals surface area contributed by atoms with Gasteiger partial charge in [0, 0.05) is 19.4 Å². The van der Waals surface area contributed by atoms with Crippen LogP contribution in [0.4, 0.5) is 0 Å². The standard InChI is InChI=1S/C32H42O14/c1-17(2)12-25(38)46-30-26-22(10-11-32(26,40)16-34)20(14-41-30)15-42-31-29(27(39)28(43-18(3)35)23(13-33)44-31)45-24(37)9-6-19-4-7-21(36)8-5-19/h4-9,14,17,22-23,26-31,33-34,36,39-40H,10-13,15-16H2,1-3H3/t22-,23-,26+,27+,28+,29+,30-,31+,32-/m0/s1. The maximum absolute atomic E-state index is 12.8. The number of phenolic OH excluding ortho intramolecular Hbond substituents is 1. The van der Waals surface area contributed by atoms with Gasteiger partial charge in [-0.25, -0.2) is 4.79 Å². The van der Waals surface area contributed by atoms with Gasteiger partial charge in [0.05, 0.1) is 37.6 Å². The monoisotopic (exact) mass is 650 g/mol. The molecule has 0 spiro atoms. The predicted octanol–water partition coefficient (Wildman–Crippen LogP) is 0.923. The first kappa shape index (κ1) is 35.3. The van der Waals surface area contributed by atoms with Crippen molar-refractivity contribution in [2.24, 2.45) is 17.8 Å². The summed E-state index contributed by atoms with van der Waals surface area (Å²) in [6, 6.07) is 6.00. The first-order chi connectivity index (χ1) is 21.8. The minimum atomic E-state index is -1.66. The van der Waals surface area contributed by atoms with E-state index in [1.165, 1.54) is 24.5 Å². The Morgan fingerprint density at radius 3 is 2.41 bits per heavy atom. The molecule has 1 aliphatic carbocycles. The SMILES string of the molecule is CC(=O)O[C@H]1[C@@H](O)[C@@H](OC(=O)C=Cc2ccc(O)cc2)[C@H](OCC2=CO[C@@H](OC(=O)CC(C)C)[C@H]3[C@H]2CC[C@]3(O)CO)O[C@H]1CO. The van der Waals surface area contributed by atoms with Crippen molar-refractivity contribution in [2.75, 3.05) is 19.8 Å². The van der Waals surface area contributed by atoms with Gasteiger partial charge in [-0.05, 0) is 54.0 Å². The zero-order valence-corrected chi connectivity index (χ0v) is 25.9. The molecule has 1 aromatic rings. The smallest absolute Gasteiger partial charge is 0.331 e. The molecule has 3 aliphatic rings. The molecule has 0 amide bonds. The highest BCUT2D eigenvalue weighted by atomic mass is 16.7.